The van der Waals surface area contributed by atoms with E-state index in [0.717, 1.165) is 32.3 Å². The van der Waals surface area contributed by atoms with Gasteiger partial charge in [0.1, 0.15) is 0 Å². The molecule has 1 aliphatic rings. The first-order valence-corrected chi connectivity index (χ1v) is 7.14. The fourth-order valence-corrected chi connectivity index (χ4v) is 2.96. The number of benzene rings is 2. The molecule has 0 aromatic heterocycles. The normalized spacial score (nSPS) is 13.8. The molecular formula is C17H15BrN2. The van der Waals surface area contributed by atoms with Crippen molar-refractivity contribution in [1.82, 2.24) is 0 Å². The van der Waals surface area contributed by atoms with Crippen molar-refractivity contribution < 1.29 is 0 Å². The highest BCUT2D eigenvalue weighted by molar-refractivity contribution is 9.10. The zero-order valence-electron chi connectivity index (χ0n) is 11.2. The topological polar surface area (TPSA) is 52.0 Å². The van der Waals surface area contributed by atoms with Crippen LogP contribution in [-0.4, -0.2) is 0 Å². The summed E-state index contributed by atoms with van der Waals surface area (Å²) in [5, 5.41) is 0. The molecule has 0 fully saturated rings. The Morgan fingerprint density at radius 2 is 1.50 bits per heavy atom. The number of fused-ring (bicyclic) bond motifs is 1. The molecule has 0 bridgehead atoms. The van der Waals surface area contributed by atoms with E-state index in [0.29, 0.717) is 11.4 Å². The summed E-state index contributed by atoms with van der Waals surface area (Å²) in [6.07, 6.45) is 0. The first kappa shape index (κ1) is 13.0. The van der Waals surface area contributed by atoms with E-state index in [1.807, 2.05) is 24.3 Å². The molecule has 2 aromatic rings. The SMILES string of the molecule is C=C1C(c2ccc(Br)cc2)=C(C)c2cc(N)c(N)cc21. The molecule has 2 aromatic carbocycles. The first-order valence-electron chi connectivity index (χ1n) is 6.35. The molecule has 2 nitrogen and oxygen atoms in total. The van der Waals surface area contributed by atoms with Crippen molar-refractivity contribution in [2.45, 2.75) is 6.92 Å². The maximum absolute atomic E-state index is 5.92. The highest BCUT2D eigenvalue weighted by Crippen LogP contribution is 2.47. The van der Waals surface area contributed by atoms with Gasteiger partial charge in [0.05, 0.1) is 11.4 Å². The lowest BCUT2D eigenvalue weighted by atomic mass is 9.98. The monoisotopic (exact) mass is 326 g/mol. The standard InChI is InChI=1S/C17H15BrN2/c1-9-13-7-15(19)16(20)8-14(13)10(2)17(9)11-3-5-12(18)6-4-11/h3-8H,1,19-20H2,2H3. The minimum absolute atomic E-state index is 0.606. The smallest absolute Gasteiger partial charge is 0.0554 e. The third kappa shape index (κ3) is 1.86. The number of allylic oxidation sites excluding steroid dienone is 3. The number of halogens is 1. The summed E-state index contributed by atoms with van der Waals surface area (Å²) in [5.74, 6) is 0. The maximum atomic E-state index is 5.92. The minimum Gasteiger partial charge on any atom is -0.397 e. The Morgan fingerprint density at radius 1 is 0.950 bits per heavy atom. The Bertz CT molecular complexity index is 755. The van der Waals surface area contributed by atoms with Crippen molar-refractivity contribution >= 4 is 44.0 Å². The fraction of sp³-hybridized carbons (Fsp3) is 0.0588. The lowest BCUT2D eigenvalue weighted by Crippen LogP contribution is -1.96. The van der Waals surface area contributed by atoms with Gasteiger partial charge in [0.15, 0.2) is 0 Å². The number of nitrogen functional groups attached to an aromatic ring is 2. The van der Waals surface area contributed by atoms with Gasteiger partial charge in [-0.3, -0.25) is 0 Å². The summed E-state index contributed by atoms with van der Waals surface area (Å²) in [6.45, 7) is 6.33. The molecule has 0 aliphatic heterocycles. The second-order valence-electron chi connectivity index (χ2n) is 5.01. The Morgan fingerprint density at radius 3 is 2.10 bits per heavy atom. The van der Waals surface area contributed by atoms with Crippen LogP contribution >= 0.6 is 15.9 Å². The van der Waals surface area contributed by atoms with Gasteiger partial charge in [-0.2, -0.15) is 0 Å². The third-order valence-corrected chi connectivity index (χ3v) is 4.29. The van der Waals surface area contributed by atoms with Gasteiger partial charge in [0, 0.05) is 4.47 Å². The zero-order chi connectivity index (χ0) is 14.4. The summed E-state index contributed by atoms with van der Waals surface area (Å²) in [7, 11) is 0. The second kappa shape index (κ2) is 4.53. The van der Waals surface area contributed by atoms with Gasteiger partial charge in [-0.05, 0) is 64.6 Å². The molecule has 0 radical (unpaired) electrons. The highest BCUT2D eigenvalue weighted by Gasteiger charge is 2.24. The van der Waals surface area contributed by atoms with Gasteiger partial charge in [-0.15, -0.1) is 0 Å². The Labute approximate surface area is 126 Å². The van der Waals surface area contributed by atoms with Crippen LogP contribution in [0.2, 0.25) is 0 Å². The maximum Gasteiger partial charge on any atom is 0.0554 e. The van der Waals surface area contributed by atoms with Crippen LogP contribution in [0.1, 0.15) is 23.6 Å². The first-order chi connectivity index (χ1) is 9.49. The van der Waals surface area contributed by atoms with Crippen LogP contribution in [0.3, 0.4) is 0 Å². The molecule has 4 N–H and O–H groups in total. The van der Waals surface area contributed by atoms with E-state index >= 15 is 0 Å². The van der Waals surface area contributed by atoms with E-state index < -0.39 is 0 Å². The molecular weight excluding hydrogens is 312 g/mol. The average molecular weight is 327 g/mol. The zero-order valence-corrected chi connectivity index (χ0v) is 12.8. The molecule has 0 amide bonds. The van der Waals surface area contributed by atoms with E-state index in [4.69, 9.17) is 11.5 Å². The van der Waals surface area contributed by atoms with Crippen LogP contribution in [-0.2, 0) is 0 Å². The van der Waals surface area contributed by atoms with Crippen molar-refractivity contribution in [2.24, 2.45) is 0 Å². The predicted molar refractivity (Wildman–Crippen MR) is 90.9 cm³/mol. The molecule has 0 saturated carbocycles. The van der Waals surface area contributed by atoms with Crippen LogP contribution in [0.25, 0.3) is 16.7 Å². The molecule has 0 atom stereocenters. The summed E-state index contributed by atoms with van der Waals surface area (Å²) in [5.41, 5.74) is 19.8. The van der Waals surface area contributed by atoms with Crippen LogP contribution in [0.5, 0.6) is 0 Å². The van der Waals surface area contributed by atoms with Crippen molar-refractivity contribution in [3.63, 3.8) is 0 Å². The van der Waals surface area contributed by atoms with Crippen molar-refractivity contribution in [2.75, 3.05) is 11.5 Å². The number of nitrogens with two attached hydrogens (primary N) is 2. The predicted octanol–water partition coefficient (Wildman–Crippen LogP) is 4.57. The van der Waals surface area contributed by atoms with Crippen LogP contribution < -0.4 is 11.5 Å². The molecule has 3 rings (SSSR count). The highest BCUT2D eigenvalue weighted by atomic mass is 79.9. The van der Waals surface area contributed by atoms with Crippen LogP contribution in [0, 0.1) is 0 Å². The number of anilines is 2. The Balaban J connectivity index is 2.19. The average Bonchev–Trinajstić information content (AvgIpc) is 2.65. The van der Waals surface area contributed by atoms with E-state index in [9.17, 15) is 0 Å². The molecule has 0 unspecified atom stereocenters. The van der Waals surface area contributed by atoms with E-state index in [-0.39, 0.29) is 0 Å². The van der Waals surface area contributed by atoms with Gasteiger partial charge in [-0.1, -0.05) is 34.6 Å². The minimum atomic E-state index is 0.606. The fourth-order valence-electron chi connectivity index (χ4n) is 2.70. The van der Waals surface area contributed by atoms with E-state index in [1.54, 1.807) is 0 Å². The summed E-state index contributed by atoms with van der Waals surface area (Å²) >= 11 is 3.46. The van der Waals surface area contributed by atoms with Crippen molar-refractivity contribution in [3.05, 3.63) is 64.1 Å². The van der Waals surface area contributed by atoms with Crippen molar-refractivity contribution in [1.29, 1.82) is 0 Å². The number of rotatable bonds is 1. The molecule has 1 aliphatic carbocycles. The van der Waals surface area contributed by atoms with E-state index in [2.05, 4.69) is 41.6 Å². The van der Waals surface area contributed by atoms with Gasteiger partial charge in [-0.25, -0.2) is 0 Å². The molecule has 0 heterocycles. The van der Waals surface area contributed by atoms with Crippen molar-refractivity contribution in [3.8, 4) is 0 Å². The number of hydrogen-bond donors (Lipinski definition) is 2. The van der Waals surface area contributed by atoms with Crippen LogP contribution in [0.4, 0.5) is 11.4 Å². The van der Waals surface area contributed by atoms with E-state index in [1.165, 1.54) is 5.57 Å². The molecule has 20 heavy (non-hydrogen) atoms. The number of hydrogen-bond acceptors (Lipinski definition) is 2. The van der Waals surface area contributed by atoms with Gasteiger partial charge >= 0.3 is 0 Å². The van der Waals surface area contributed by atoms with Crippen LogP contribution in [0.15, 0.2) is 47.4 Å². The molecule has 100 valence electrons. The third-order valence-electron chi connectivity index (χ3n) is 3.76. The summed E-state index contributed by atoms with van der Waals surface area (Å²) < 4.78 is 1.06. The van der Waals surface area contributed by atoms with Gasteiger partial charge in [0.25, 0.3) is 0 Å². The Hall–Kier alpha value is -2.00. The van der Waals surface area contributed by atoms with Gasteiger partial charge in [0.2, 0.25) is 0 Å². The largest absolute Gasteiger partial charge is 0.397 e. The lowest BCUT2D eigenvalue weighted by Gasteiger charge is -2.07. The summed E-state index contributed by atoms with van der Waals surface area (Å²) in [4.78, 5) is 0. The molecule has 0 saturated heterocycles. The molecule has 0 spiro atoms. The summed E-state index contributed by atoms with van der Waals surface area (Å²) in [6, 6.07) is 12.1. The quantitative estimate of drug-likeness (QED) is 0.754. The lowest BCUT2D eigenvalue weighted by molar-refractivity contribution is 1.56. The van der Waals surface area contributed by atoms with Gasteiger partial charge < -0.3 is 11.5 Å². The Kier molecular flexibility index (Phi) is 2.94. The second-order valence-corrected chi connectivity index (χ2v) is 5.93. The molecule has 3 heteroatoms.